The number of ketones is 1. The van der Waals surface area contributed by atoms with Crippen molar-refractivity contribution < 1.29 is 14.4 Å². The second kappa shape index (κ2) is 10.8. The van der Waals surface area contributed by atoms with Crippen molar-refractivity contribution in [2.75, 3.05) is 6.54 Å². The summed E-state index contributed by atoms with van der Waals surface area (Å²) in [5.74, 6) is 0.538. The van der Waals surface area contributed by atoms with E-state index in [9.17, 15) is 14.4 Å². The number of nitrogens with one attached hydrogen (secondary N) is 1. The maximum atomic E-state index is 13.8. The van der Waals surface area contributed by atoms with Crippen LogP contribution in [0.25, 0.3) is 0 Å². The van der Waals surface area contributed by atoms with E-state index in [1.165, 1.54) is 44.3 Å². The van der Waals surface area contributed by atoms with Crippen LogP contribution in [0, 0.1) is 29.1 Å². The van der Waals surface area contributed by atoms with Crippen LogP contribution in [0.1, 0.15) is 96.0 Å². The number of rotatable bonds is 7. The summed E-state index contributed by atoms with van der Waals surface area (Å²) in [6.45, 7) is 9.00. The van der Waals surface area contributed by atoms with Gasteiger partial charge in [-0.1, -0.05) is 46.5 Å². The zero-order chi connectivity index (χ0) is 25.2. The van der Waals surface area contributed by atoms with Crippen LogP contribution in [0.2, 0.25) is 0 Å². The van der Waals surface area contributed by atoms with Gasteiger partial charge < -0.3 is 10.2 Å². The van der Waals surface area contributed by atoms with E-state index in [4.69, 9.17) is 0 Å². The molecule has 7 heteroatoms. The zero-order valence-electron chi connectivity index (χ0n) is 21.8. The summed E-state index contributed by atoms with van der Waals surface area (Å²) < 4.78 is 0. The summed E-state index contributed by atoms with van der Waals surface area (Å²) in [5.41, 5.74) is -0.141. The minimum Gasteiger partial charge on any atom is -0.344 e. The molecule has 1 aliphatic heterocycles. The number of aromatic nitrogens is 2. The first-order chi connectivity index (χ1) is 16.7. The summed E-state index contributed by atoms with van der Waals surface area (Å²) in [7, 11) is 0. The molecule has 3 aliphatic rings. The molecule has 2 amide bonds. The van der Waals surface area contributed by atoms with Crippen LogP contribution in [-0.4, -0.2) is 51.1 Å². The van der Waals surface area contributed by atoms with Crippen LogP contribution in [0.5, 0.6) is 0 Å². The Kier molecular flexibility index (Phi) is 7.92. The standard InChI is InChI=1S/C28H42N4O3/c1-18-21-12-8-11-20(21)17-32(18)27(35)25(28(2,3)4)31-26(34)22(19-9-6-5-7-10-19)15-24(33)23-16-29-13-14-30-23/h13-14,16,18-22,25H,5-12,15,17H2,1-4H3,(H,31,34)/t18-,20+,21-,22+,25-/m1/s1. The number of amides is 2. The molecular weight excluding hydrogens is 440 g/mol. The molecule has 2 heterocycles. The lowest BCUT2D eigenvalue weighted by molar-refractivity contribution is -0.142. The number of carbonyl (C=O) groups excluding carboxylic acids is 3. The summed E-state index contributed by atoms with van der Waals surface area (Å²) >= 11 is 0. The molecule has 0 bridgehead atoms. The quantitative estimate of drug-likeness (QED) is 0.581. The Balaban J connectivity index is 1.52. The predicted octanol–water partition coefficient (Wildman–Crippen LogP) is 4.42. The Hall–Kier alpha value is -2.31. The van der Waals surface area contributed by atoms with Gasteiger partial charge in [0.1, 0.15) is 11.7 Å². The van der Waals surface area contributed by atoms with Gasteiger partial charge in [-0.15, -0.1) is 0 Å². The third kappa shape index (κ3) is 5.75. The van der Waals surface area contributed by atoms with Gasteiger partial charge in [-0.25, -0.2) is 4.98 Å². The second-order valence-electron chi connectivity index (χ2n) is 12.1. The highest BCUT2D eigenvalue weighted by Crippen LogP contribution is 2.43. The Morgan fingerprint density at radius 2 is 1.80 bits per heavy atom. The Bertz CT molecular complexity index is 907. The zero-order valence-corrected chi connectivity index (χ0v) is 21.8. The van der Waals surface area contributed by atoms with Crippen molar-refractivity contribution in [3.8, 4) is 0 Å². The van der Waals surface area contributed by atoms with E-state index in [-0.39, 0.29) is 36.0 Å². The van der Waals surface area contributed by atoms with Gasteiger partial charge in [0.2, 0.25) is 11.8 Å². The third-order valence-corrected chi connectivity index (χ3v) is 8.75. The van der Waals surface area contributed by atoms with E-state index in [0.717, 1.165) is 32.2 Å². The van der Waals surface area contributed by atoms with Gasteiger partial charge in [0.25, 0.3) is 0 Å². The highest BCUT2D eigenvalue weighted by molar-refractivity contribution is 5.97. The SMILES string of the molecule is C[C@@H]1[C@H]2CCC[C@H]2CN1C(=O)[C@@H](NC(=O)[C@@H](CC(=O)c1cnccn1)C1CCCCC1)C(C)(C)C. The van der Waals surface area contributed by atoms with Crippen molar-refractivity contribution in [2.24, 2.45) is 29.1 Å². The molecule has 0 radical (unpaired) electrons. The molecular formula is C28H42N4O3. The number of hydrogen-bond acceptors (Lipinski definition) is 5. The number of carbonyl (C=O) groups is 3. The van der Waals surface area contributed by atoms with Crippen LogP contribution < -0.4 is 5.32 Å². The molecule has 1 saturated heterocycles. The largest absolute Gasteiger partial charge is 0.344 e. The van der Waals surface area contributed by atoms with Crippen molar-refractivity contribution >= 4 is 17.6 Å². The van der Waals surface area contributed by atoms with Crippen LogP contribution in [-0.2, 0) is 9.59 Å². The molecule has 7 nitrogen and oxygen atoms in total. The van der Waals surface area contributed by atoms with Crippen molar-refractivity contribution in [3.05, 3.63) is 24.3 Å². The lowest BCUT2D eigenvalue weighted by Crippen LogP contribution is -2.57. The predicted molar refractivity (Wildman–Crippen MR) is 134 cm³/mol. The summed E-state index contributed by atoms with van der Waals surface area (Å²) in [6, 6.07) is -0.405. The molecule has 1 aromatic heterocycles. The van der Waals surface area contributed by atoms with Gasteiger partial charge in [0.15, 0.2) is 5.78 Å². The third-order valence-electron chi connectivity index (χ3n) is 8.75. The Labute approximate surface area is 209 Å². The molecule has 2 saturated carbocycles. The van der Waals surface area contributed by atoms with E-state index < -0.39 is 17.4 Å². The summed E-state index contributed by atoms with van der Waals surface area (Å²) in [4.78, 5) is 50.8. The van der Waals surface area contributed by atoms with Gasteiger partial charge >= 0.3 is 0 Å². The lowest BCUT2D eigenvalue weighted by atomic mass is 9.76. The molecule has 35 heavy (non-hydrogen) atoms. The van der Waals surface area contributed by atoms with Gasteiger partial charge in [0, 0.05) is 37.3 Å². The Morgan fingerprint density at radius 1 is 1.06 bits per heavy atom. The van der Waals surface area contributed by atoms with Gasteiger partial charge in [-0.05, 0) is 55.8 Å². The average molecular weight is 483 g/mol. The molecule has 2 aliphatic carbocycles. The highest BCUT2D eigenvalue weighted by Gasteiger charge is 2.47. The van der Waals surface area contributed by atoms with Gasteiger partial charge in [0.05, 0.1) is 6.20 Å². The first-order valence-electron chi connectivity index (χ1n) is 13.6. The molecule has 1 aromatic rings. The van der Waals surface area contributed by atoms with Gasteiger partial charge in [-0.3, -0.25) is 19.4 Å². The number of likely N-dealkylation sites (tertiary alicyclic amines) is 1. The monoisotopic (exact) mass is 482 g/mol. The summed E-state index contributed by atoms with van der Waals surface area (Å²) in [5, 5.41) is 3.16. The molecule has 3 fully saturated rings. The molecule has 5 atom stereocenters. The van der Waals surface area contributed by atoms with Crippen LogP contribution in [0.15, 0.2) is 18.6 Å². The smallest absolute Gasteiger partial charge is 0.245 e. The van der Waals surface area contributed by atoms with E-state index >= 15 is 0 Å². The maximum absolute atomic E-state index is 13.8. The fraction of sp³-hybridized carbons (Fsp3) is 0.750. The molecule has 0 unspecified atom stereocenters. The highest BCUT2D eigenvalue weighted by atomic mass is 16.2. The lowest BCUT2D eigenvalue weighted by Gasteiger charge is -2.37. The molecule has 4 rings (SSSR count). The number of Topliss-reactive ketones (excluding diaryl/α,β-unsaturated/α-hetero) is 1. The molecule has 192 valence electrons. The number of nitrogens with zero attached hydrogens (tertiary/aromatic N) is 3. The molecule has 1 N–H and O–H groups in total. The van der Waals surface area contributed by atoms with Crippen LogP contribution in [0.4, 0.5) is 0 Å². The van der Waals surface area contributed by atoms with E-state index in [0.29, 0.717) is 17.5 Å². The fourth-order valence-corrected chi connectivity index (χ4v) is 6.69. The first kappa shape index (κ1) is 25.8. The normalized spacial score (nSPS) is 26.7. The van der Waals surface area contributed by atoms with Crippen molar-refractivity contribution in [1.29, 1.82) is 0 Å². The Morgan fingerprint density at radius 3 is 2.43 bits per heavy atom. The molecule has 0 spiro atoms. The minimum atomic E-state index is -0.617. The van der Waals surface area contributed by atoms with Crippen molar-refractivity contribution in [2.45, 2.75) is 97.6 Å². The molecule has 0 aromatic carbocycles. The first-order valence-corrected chi connectivity index (χ1v) is 13.6. The van der Waals surface area contributed by atoms with E-state index in [1.807, 2.05) is 25.7 Å². The average Bonchev–Trinajstić information content (AvgIpc) is 3.43. The fourth-order valence-electron chi connectivity index (χ4n) is 6.69. The van der Waals surface area contributed by atoms with Crippen LogP contribution >= 0.6 is 0 Å². The number of fused-ring (bicyclic) bond motifs is 1. The van der Waals surface area contributed by atoms with Crippen LogP contribution in [0.3, 0.4) is 0 Å². The topological polar surface area (TPSA) is 92.3 Å². The number of hydrogen-bond donors (Lipinski definition) is 1. The van der Waals surface area contributed by atoms with E-state index in [1.54, 1.807) is 0 Å². The summed E-state index contributed by atoms with van der Waals surface area (Å²) in [6.07, 6.45) is 13.4. The van der Waals surface area contributed by atoms with Crippen molar-refractivity contribution in [1.82, 2.24) is 20.2 Å². The van der Waals surface area contributed by atoms with E-state index in [2.05, 4.69) is 22.2 Å². The van der Waals surface area contributed by atoms with Crippen molar-refractivity contribution in [3.63, 3.8) is 0 Å². The van der Waals surface area contributed by atoms with Gasteiger partial charge in [-0.2, -0.15) is 0 Å². The second-order valence-corrected chi connectivity index (χ2v) is 12.1. The minimum absolute atomic E-state index is 0.0235. The maximum Gasteiger partial charge on any atom is 0.245 e.